The van der Waals surface area contributed by atoms with Crippen LogP contribution in [0.2, 0.25) is 0 Å². The lowest BCUT2D eigenvalue weighted by atomic mass is 10.2. The summed E-state index contributed by atoms with van der Waals surface area (Å²) in [6.07, 6.45) is 5.36. The van der Waals surface area contributed by atoms with Gasteiger partial charge in [0.1, 0.15) is 0 Å². The fourth-order valence-corrected chi connectivity index (χ4v) is 2.86. The fraction of sp³-hybridized carbons (Fsp3) is 1.00. The summed E-state index contributed by atoms with van der Waals surface area (Å²) in [4.78, 5) is 5.00. The Morgan fingerprint density at radius 2 is 1.82 bits per heavy atom. The highest BCUT2D eigenvalue weighted by Crippen LogP contribution is 2.24. The zero-order valence-corrected chi connectivity index (χ0v) is 12.2. The van der Waals surface area contributed by atoms with Crippen molar-refractivity contribution in [3.8, 4) is 0 Å². The van der Waals surface area contributed by atoms with Crippen LogP contribution in [0.15, 0.2) is 0 Å². The second-order valence-electron chi connectivity index (χ2n) is 5.56. The van der Waals surface area contributed by atoms with Crippen LogP contribution in [0.25, 0.3) is 0 Å². The van der Waals surface area contributed by atoms with Crippen molar-refractivity contribution in [3.63, 3.8) is 0 Å². The van der Waals surface area contributed by atoms with E-state index in [0.717, 1.165) is 18.6 Å². The Hall–Kier alpha value is -0.120. The average molecular weight is 241 g/mol. The van der Waals surface area contributed by atoms with Crippen molar-refractivity contribution < 1.29 is 0 Å². The van der Waals surface area contributed by atoms with Gasteiger partial charge in [-0.05, 0) is 52.9 Å². The molecule has 2 unspecified atom stereocenters. The zero-order chi connectivity index (χ0) is 12.7. The molecule has 0 bridgehead atoms. The molecule has 1 aliphatic carbocycles. The predicted octanol–water partition coefficient (Wildman–Crippen LogP) is 1.79. The van der Waals surface area contributed by atoms with Gasteiger partial charge in [-0.2, -0.15) is 0 Å². The number of likely N-dealkylation sites (N-methyl/N-ethyl adjacent to an activating group) is 1. The van der Waals surface area contributed by atoms with Crippen molar-refractivity contribution in [2.24, 2.45) is 0 Å². The normalized spacial score (nSPS) is 25.1. The van der Waals surface area contributed by atoms with Gasteiger partial charge in [0.15, 0.2) is 0 Å². The van der Waals surface area contributed by atoms with E-state index in [1.807, 2.05) is 0 Å². The molecule has 2 atom stereocenters. The minimum Gasteiger partial charge on any atom is -0.314 e. The minimum absolute atomic E-state index is 0.767. The van der Waals surface area contributed by atoms with Gasteiger partial charge in [0.2, 0.25) is 0 Å². The molecule has 0 aromatic carbocycles. The van der Waals surface area contributed by atoms with Crippen molar-refractivity contribution in [2.75, 3.05) is 40.3 Å². The van der Waals surface area contributed by atoms with Crippen LogP contribution in [-0.2, 0) is 0 Å². The van der Waals surface area contributed by atoms with Gasteiger partial charge >= 0.3 is 0 Å². The molecule has 0 heterocycles. The first-order chi connectivity index (χ1) is 8.17. The Balaban J connectivity index is 2.36. The summed E-state index contributed by atoms with van der Waals surface area (Å²) >= 11 is 0. The molecule has 1 N–H and O–H groups in total. The van der Waals surface area contributed by atoms with E-state index in [4.69, 9.17) is 0 Å². The molecule has 0 saturated heterocycles. The van der Waals surface area contributed by atoms with Gasteiger partial charge in [-0.25, -0.2) is 0 Å². The maximum atomic E-state index is 3.60. The van der Waals surface area contributed by atoms with E-state index in [2.05, 4.69) is 43.1 Å². The molecule has 0 aliphatic heterocycles. The number of rotatable bonds is 8. The highest BCUT2D eigenvalue weighted by Gasteiger charge is 2.27. The first-order valence-electron chi connectivity index (χ1n) is 7.29. The molecule has 102 valence electrons. The highest BCUT2D eigenvalue weighted by atomic mass is 15.2. The molecule has 1 saturated carbocycles. The standard InChI is InChI=1S/C14H31N3/c1-5-9-17(11-10-16(3)4)14-8-7-13(12-14)15-6-2/h13-15H,5-12H2,1-4H3. The Labute approximate surface area is 108 Å². The molecular formula is C14H31N3. The second kappa shape index (κ2) is 8.06. The van der Waals surface area contributed by atoms with E-state index in [-0.39, 0.29) is 0 Å². The van der Waals surface area contributed by atoms with Gasteiger partial charge in [0.25, 0.3) is 0 Å². The van der Waals surface area contributed by atoms with Crippen LogP contribution in [0, 0.1) is 0 Å². The SMILES string of the molecule is CCCN(CCN(C)C)C1CCC(NCC)C1. The van der Waals surface area contributed by atoms with Crippen LogP contribution < -0.4 is 5.32 Å². The Morgan fingerprint density at radius 1 is 1.06 bits per heavy atom. The quantitative estimate of drug-likeness (QED) is 0.699. The first kappa shape index (κ1) is 14.9. The maximum absolute atomic E-state index is 3.60. The van der Waals surface area contributed by atoms with E-state index in [1.165, 1.54) is 45.3 Å². The molecule has 0 spiro atoms. The Bertz CT molecular complexity index is 194. The highest BCUT2D eigenvalue weighted by molar-refractivity contribution is 4.86. The Kier molecular flexibility index (Phi) is 7.09. The first-order valence-corrected chi connectivity index (χ1v) is 7.29. The van der Waals surface area contributed by atoms with Crippen LogP contribution in [-0.4, -0.2) is 62.2 Å². The monoisotopic (exact) mass is 241 g/mol. The summed E-state index contributed by atoms with van der Waals surface area (Å²) in [5.74, 6) is 0. The summed E-state index contributed by atoms with van der Waals surface area (Å²) in [7, 11) is 4.33. The lowest BCUT2D eigenvalue weighted by Gasteiger charge is -2.30. The van der Waals surface area contributed by atoms with E-state index in [0.29, 0.717) is 0 Å². The van der Waals surface area contributed by atoms with Gasteiger partial charge < -0.3 is 10.2 Å². The third-order valence-corrected chi connectivity index (χ3v) is 3.76. The van der Waals surface area contributed by atoms with E-state index in [9.17, 15) is 0 Å². The van der Waals surface area contributed by atoms with Crippen LogP contribution in [0.3, 0.4) is 0 Å². The van der Waals surface area contributed by atoms with Gasteiger partial charge in [-0.3, -0.25) is 4.90 Å². The van der Waals surface area contributed by atoms with Crippen LogP contribution >= 0.6 is 0 Å². The third kappa shape index (κ3) is 5.36. The van der Waals surface area contributed by atoms with E-state index < -0.39 is 0 Å². The summed E-state index contributed by atoms with van der Waals surface area (Å²) < 4.78 is 0. The van der Waals surface area contributed by atoms with Crippen molar-refractivity contribution in [1.82, 2.24) is 15.1 Å². The van der Waals surface area contributed by atoms with Crippen LogP contribution in [0.5, 0.6) is 0 Å². The minimum atomic E-state index is 0.767. The summed E-state index contributed by atoms with van der Waals surface area (Å²) in [5, 5.41) is 3.60. The van der Waals surface area contributed by atoms with Crippen molar-refractivity contribution in [2.45, 2.75) is 51.6 Å². The molecule has 17 heavy (non-hydrogen) atoms. The van der Waals surface area contributed by atoms with Crippen LogP contribution in [0.1, 0.15) is 39.5 Å². The maximum Gasteiger partial charge on any atom is 0.0112 e. The van der Waals surface area contributed by atoms with E-state index >= 15 is 0 Å². The zero-order valence-electron chi connectivity index (χ0n) is 12.2. The average Bonchev–Trinajstić information content (AvgIpc) is 2.73. The lowest BCUT2D eigenvalue weighted by molar-refractivity contribution is 0.178. The second-order valence-corrected chi connectivity index (χ2v) is 5.56. The predicted molar refractivity (Wildman–Crippen MR) is 75.5 cm³/mol. The Morgan fingerprint density at radius 3 is 2.41 bits per heavy atom. The van der Waals surface area contributed by atoms with Crippen LogP contribution in [0.4, 0.5) is 0 Å². The van der Waals surface area contributed by atoms with Gasteiger partial charge in [-0.1, -0.05) is 13.8 Å². The molecule has 1 rings (SSSR count). The lowest BCUT2D eigenvalue weighted by Crippen LogP contribution is -2.40. The third-order valence-electron chi connectivity index (χ3n) is 3.76. The molecule has 0 aromatic heterocycles. The van der Waals surface area contributed by atoms with E-state index in [1.54, 1.807) is 0 Å². The molecule has 0 radical (unpaired) electrons. The van der Waals surface area contributed by atoms with Gasteiger partial charge in [0.05, 0.1) is 0 Å². The summed E-state index contributed by atoms with van der Waals surface area (Å²) in [6, 6.07) is 1.59. The molecular weight excluding hydrogens is 210 g/mol. The summed E-state index contributed by atoms with van der Waals surface area (Å²) in [6.45, 7) is 9.29. The number of hydrogen-bond donors (Lipinski definition) is 1. The number of hydrogen-bond acceptors (Lipinski definition) is 3. The molecule has 0 amide bonds. The molecule has 0 aromatic rings. The molecule has 3 heteroatoms. The van der Waals surface area contributed by atoms with Gasteiger partial charge in [0, 0.05) is 25.2 Å². The smallest absolute Gasteiger partial charge is 0.0112 e. The molecule has 1 aliphatic rings. The number of nitrogens with zero attached hydrogens (tertiary/aromatic N) is 2. The van der Waals surface area contributed by atoms with Crippen molar-refractivity contribution >= 4 is 0 Å². The van der Waals surface area contributed by atoms with Crippen molar-refractivity contribution in [3.05, 3.63) is 0 Å². The fourth-order valence-electron chi connectivity index (χ4n) is 2.86. The van der Waals surface area contributed by atoms with Gasteiger partial charge in [-0.15, -0.1) is 0 Å². The number of nitrogens with one attached hydrogen (secondary N) is 1. The summed E-state index contributed by atoms with van der Waals surface area (Å²) in [5.41, 5.74) is 0. The largest absolute Gasteiger partial charge is 0.314 e. The molecule has 1 fully saturated rings. The van der Waals surface area contributed by atoms with Crippen molar-refractivity contribution in [1.29, 1.82) is 0 Å². The molecule has 3 nitrogen and oxygen atoms in total. The topological polar surface area (TPSA) is 18.5 Å².